The largest absolute Gasteiger partial charge is 0.375 e. The van der Waals surface area contributed by atoms with Crippen molar-refractivity contribution in [3.63, 3.8) is 0 Å². The molecule has 1 aromatic heterocycles. The zero-order chi connectivity index (χ0) is 14.0. The highest BCUT2D eigenvalue weighted by molar-refractivity contribution is 7.09. The van der Waals surface area contributed by atoms with Crippen LogP contribution in [0, 0.1) is 6.92 Å². The third-order valence-corrected chi connectivity index (χ3v) is 5.13. The molecular weight excluding hydrogens is 258 g/mol. The molecule has 0 bridgehead atoms. The summed E-state index contributed by atoms with van der Waals surface area (Å²) in [6.07, 6.45) is 2.55. The van der Waals surface area contributed by atoms with Gasteiger partial charge in [-0.2, -0.15) is 0 Å². The third kappa shape index (κ3) is 3.16. The predicted molar refractivity (Wildman–Crippen MR) is 79.3 cm³/mol. The normalized spacial score (nSPS) is 31.9. The van der Waals surface area contributed by atoms with Crippen LogP contribution in [0.4, 0.5) is 0 Å². The van der Waals surface area contributed by atoms with E-state index in [4.69, 9.17) is 10.5 Å². The minimum atomic E-state index is 0.0491. The molecule has 2 N–H and O–H groups in total. The summed E-state index contributed by atoms with van der Waals surface area (Å²) in [6.45, 7) is 7.97. The molecule has 0 aliphatic carbocycles. The molecule has 19 heavy (non-hydrogen) atoms. The van der Waals surface area contributed by atoms with Crippen LogP contribution < -0.4 is 5.73 Å². The average molecular weight is 283 g/mol. The van der Waals surface area contributed by atoms with Crippen LogP contribution in [0.1, 0.15) is 37.3 Å². The Morgan fingerprint density at radius 1 is 1.47 bits per heavy atom. The number of nitrogens with two attached hydrogens (primary N) is 1. The Bertz CT molecular complexity index is 411. The highest BCUT2D eigenvalue weighted by Gasteiger charge is 2.40. The van der Waals surface area contributed by atoms with E-state index in [0.717, 1.165) is 25.1 Å². The van der Waals surface area contributed by atoms with Gasteiger partial charge < -0.3 is 10.5 Å². The Morgan fingerprint density at radius 2 is 2.11 bits per heavy atom. The summed E-state index contributed by atoms with van der Waals surface area (Å²) >= 11 is 1.73. The van der Waals surface area contributed by atoms with Gasteiger partial charge >= 0.3 is 0 Å². The van der Waals surface area contributed by atoms with E-state index in [-0.39, 0.29) is 17.7 Å². The highest BCUT2D eigenvalue weighted by Crippen LogP contribution is 2.34. The van der Waals surface area contributed by atoms with E-state index in [0.29, 0.717) is 6.54 Å². The number of likely N-dealkylation sites (N-methyl/N-ethyl adjacent to an activating group) is 1. The van der Waals surface area contributed by atoms with Crippen LogP contribution >= 0.6 is 11.3 Å². The fourth-order valence-electron chi connectivity index (χ4n) is 3.14. The monoisotopic (exact) mass is 283 g/mol. The van der Waals surface area contributed by atoms with E-state index in [2.05, 4.69) is 37.7 Å². The number of nitrogens with zero attached hydrogens (tertiary/aromatic N) is 2. The van der Waals surface area contributed by atoms with Crippen molar-refractivity contribution in [1.82, 2.24) is 9.88 Å². The zero-order valence-electron chi connectivity index (χ0n) is 12.3. The first-order valence-corrected chi connectivity index (χ1v) is 7.80. The fourth-order valence-corrected chi connectivity index (χ4v) is 3.97. The molecule has 1 aliphatic rings. The van der Waals surface area contributed by atoms with Crippen LogP contribution in [-0.4, -0.2) is 41.2 Å². The number of ether oxygens (including phenoxy) is 1. The van der Waals surface area contributed by atoms with Gasteiger partial charge in [0.2, 0.25) is 0 Å². The maximum atomic E-state index is 6.12. The molecule has 2 unspecified atom stereocenters. The molecule has 5 heteroatoms. The van der Waals surface area contributed by atoms with Crippen molar-refractivity contribution < 1.29 is 4.74 Å². The lowest BCUT2D eigenvalue weighted by Gasteiger charge is -2.48. The van der Waals surface area contributed by atoms with Gasteiger partial charge in [-0.25, -0.2) is 4.98 Å². The quantitative estimate of drug-likeness (QED) is 0.920. The van der Waals surface area contributed by atoms with Crippen LogP contribution in [0.2, 0.25) is 0 Å². The van der Waals surface area contributed by atoms with Gasteiger partial charge in [-0.15, -0.1) is 11.3 Å². The zero-order valence-corrected chi connectivity index (χ0v) is 13.2. The summed E-state index contributed by atoms with van der Waals surface area (Å²) in [7, 11) is 2.18. The van der Waals surface area contributed by atoms with Gasteiger partial charge in [0, 0.05) is 23.5 Å². The predicted octanol–water partition coefficient (Wildman–Crippen LogP) is 2.17. The molecule has 2 atom stereocenters. The lowest BCUT2D eigenvalue weighted by molar-refractivity contribution is -0.0992. The molecule has 0 aromatic carbocycles. The van der Waals surface area contributed by atoms with Gasteiger partial charge in [0.1, 0.15) is 0 Å². The lowest BCUT2D eigenvalue weighted by atomic mass is 9.82. The van der Waals surface area contributed by atoms with Crippen LogP contribution in [0.25, 0.3) is 0 Å². The summed E-state index contributed by atoms with van der Waals surface area (Å²) in [5.74, 6) is 0. The van der Waals surface area contributed by atoms with E-state index in [1.807, 2.05) is 5.51 Å². The van der Waals surface area contributed by atoms with E-state index < -0.39 is 0 Å². The second-order valence-electron chi connectivity index (χ2n) is 5.81. The molecule has 2 rings (SSSR count). The molecule has 1 saturated heterocycles. The van der Waals surface area contributed by atoms with Gasteiger partial charge in [0.15, 0.2) is 0 Å². The molecule has 1 aromatic rings. The molecule has 108 valence electrons. The van der Waals surface area contributed by atoms with Gasteiger partial charge in [0.05, 0.1) is 23.4 Å². The van der Waals surface area contributed by atoms with Gasteiger partial charge in [-0.3, -0.25) is 4.90 Å². The first-order valence-electron chi connectivity index (χ1n) is 6.92. The SMILES string of the molecule is Cc1ncsc1CN(C)C1(CN)CC(C)OC(C)C1. The van der Waals surface area contributed by atoms with E-state index in [1.165, 1.54) is 4.88 Å². The number of aromatic nitrogens is 1. The number of hydrogen-bond donors (Lipinski definition) is 1. The number of rotatable bonds is 4. The van der Waals surface area contributed by atoms with Crippen LogP contribution in [0.15, 0.2) is 5.51 Å². The average Bonchev–Trinajstić information content (AvgIpc) is 2.73. The van der Waals surface area contributed by atoms with Gasteiger partial charge in [-0.1, -0.05) is 0 Å². The maximum Gasteiger partial charge on any atom is 0.0798 e. The molecule has 2 heterocycles. The molecule has 4 nitrogen and oxygen atoms in total. The third-order valence-electron chi connectivity index (χ3n) is 4.21. The smallest absolute Gasteiger partial charge is 0.0798 e. The minimum Gasteiger partial charge on any atom is -0.375 e. The summed E-state index contributed by atoms with van der Waals surface area (Å²) in [5, 5.41) is 0. The minimum absolute atomic E-state index is 0.0491. The summed E-state index contributed by atoms with van der Waals surface area (Å²) in [5.41, 5.74) is 9.23. The van der Waals surface area contributed by atoms with Crippen molar-refractivity contribution in [1.29, 1.82) is 0 Å². The van der Waals surface area contributed by atoms with Crippen molar-refractivity contribution in [3.8, 4) is 0 Å². The summed E-state index contributed by atoms with van der Waals surface area (Å²) in [4.78, 5) is 8.07. The molecule has 0 radical (unpaired) electrons. The van der Waals surface area contributed by atoms with Gasteiger partial charge in [-0.05, 0) is 40.7 Å². The Balaban J connectivity index is 2.14. The fraction of sp³-hybridized carbons (Fsp3) is 0.786. The van der Waals surface area contributed by atoms with Crippen LogP contribution in [0.3, 0.4) is 0 Å². The second kappa shape index (κ2) is 5.87. The van der Waals surface area contributed by atoms with E-state index >= 15 is 0 Å². The Kier molecular flexibility index (Phi) is 4.61. The molecule has 1 aliphatic heterocycles. The molecular formula is C14H25N3OS. The number of hydrogen-bond acceptors (Lipinski definition) is 5. The lowest BCUT2D eigenvalue weighted by Crippen LogP contribution is -2.58. The standard InChI is InChI=1S/C14H25N3OS/c1-10-5-14(8-15,6-11(2)18-10)17(4)7-13-12(3)16-9-19-13/h9-11H,5-8,15H2,1-4H3. The van der Waals surface area contributed by atoms with Crippen LogP contribution in [-0.2, 0) is 11.3 Å². The summed E-state index contributed by atoms with van der Waals surface area (Å²) < 4.78 is 5.86. The topological polar surface area (TPSA) is 51.4 Å². The highest BCUT2D eigenvalue weighted by atomic mass is 32.1. The van der Waals surface area contributed by atoms with Crippen molar-refractivity contribution in [2.45, 2.75) is 57.9 Å². The van der Waals surface area contributed by atoms with Gasteiger partial charge in [0.25, 0.3) is 0 Å². The first-order chi connectivity index (χ1) is 8.97. The Hall–Kier alpha value is -0.490. The van der Waals surface area contributed by atoms with Crippen LogP contribution in [0.5, 0.6) is 0 Å². The number of aryl methyl sites for hydroxylation is 1. The Labute approximate surface area is 120 Å². The second-order valence-corrected chi connectivity index (χ2v) is 6.75. The van der Waals surface area contributed by atoms with Crippen molar-refractivity contribution in [2.24, 2.45) is 5.73 Å². The Morgan fingerprint density at radius 3 is 2.58 bits per heavy atom. The molecule has 0 spiro atoms. The van der Waals surface area contributed by atoms with Crippen molar-refractivity contribution in [3.05, 3.63) is 16.1 Å². The van der Waals surface area contributed by atoms with Crippen molar-refractivity contribution >= 4 is 11.3 Å². The van der Waals surface area contributed by atoms with E-state index in [1.54, 1.807) is 11.3 Å². The van der Waals surface area contributed by atoms with Crippen molar-refractivity contribution in [2.75, 3.05) is 13.6 Å². The maximum absolute atomic E-state index is 6.12. The summed E-state index contributed by atoms with van der Waals surface area (Å²) in [6, 6.07) is 0. The first kappa shape index (κ1) is 14.9. The number of thiazole rings is 1. The molecule has 0 saturated carbocycles. The van der Waals surface area contributed by atoms with E-state index in [9.17, 15) is 0 Å². The molecule has 1 fully saturated rings. The molecule has 0 amide bonds.